The van der Waals surface area contributed by atoms with E-state index in [1.807, 2.05) is 6.08 Å². The molecule has 0 radical (unpaired) electrons. The van der Waals surface area contributed by atoms with Gasteiger partial charge in [-0.25, -0.2) is 0 Å². The van der Waals surface area contributed by atoms with Crippen molar-refractivity contribution >= 4 is 11.9 Å². The summed E-state index contributed by atoms with van der Waals surface area (Å²) in [5.74, 6) is -1.20. The van der Waals surface area contributed by atoms with Crippen molar-refractivity contribution in [2.75, 3.05) is 13.2 Å². The average molecular weight is 1170 g/mol. The van der Waals surface area contributed by atoms with Crippen LogP contribution >= 0.6 is 0 Å². The molecule has 0 aromatic carbocycles. The topological polar surface area (TPSA) is 175 Å². The van der Waals surface area contributed by atoms with E-state index < -0.39 is 67.4 Å². The Labute approximate surface area is 509 Å². The molecule has 1 aliphatic heterocycles. The van der Waals surface area contributed by atoms with Gasteiger partial charge in [0, 0.05) is 6.42 Å². The van der Waals surface area contributed by atoms with E-state index in [2.05, 4.69) is 74.7 Å². The smallest absolute Gasteiger partial charge is 0.306 e. The van der Waals surface area contributed by atoms with E-state index >= 15 is 0 Å². The molecule has 0 aromatic heterocycles. The summed E-state index contributed by atoms with van der Waals surface area (Å²) in [4.78, 5) is 26.7. The number of amides is 1. The minimum absolute atomic E-state index is 0.103. The van der Waals surface area contributed by atoms with Gasteiger partial charge in [-0.05, 0) is 70.6 Å². The van der Waals surface area contributed by atoms with E-state index in [9.17, 15) is 35.1 Å². The van der Waals surface area contributed by atoms with Crippen molar-refractivity contribution in [3.05, 3.63) is 60.8 Å². The molecule has 0 aliphatic carbocycles. The minimum Gasteiger partial charge on any atom is -0.454 e. The third-order valence-electron chi connectivity index (χ3n) is 16.4. The maximum atomic E-state index is 13.5. The summed E-state index contributed by atoms with van der Waals surface area (Å²) in [5, 5.41) is 57.2. The molecule has 8 unspecified atom stereocenters. The zero-order valence-electron chi connectivity index (χ0n) is 53.8. The quantitative estimate of drug-likeness (QED) is 0.0195. The van der Waals surface area contributed by atoms with Gasteiger partial charge >= 0.3 is 5.97 Å². The molecule has 11 heteroatoms. The van der Waals surface area contributed by atoms with Gasteiger partial charge in [-0.15, -0.1) is 0 Å². The summed E-state index contributed by atoms with van der Waals surface area (Å²) < 4.78 is 17.7. The summed E-state index contributed by atoms with van der Waals surface area (Å²) >= 11 is 0. The van der Waals surface area contributed by atoms with E-state index in [0.717, 1.165) is 89.9 Å². The summed E-state index contributed by atoms with van der Waals surface area (Å²) in [6, 6.07) is -1.03. The van der Waals surface area contributed by atoms with Gasteiger partial charge in [-0.1, -0.05) is 306 Å². The SMILES string of the molecule is CCCCC/C=C\C/C=C\C/C=C\C/C=C\CCCCCCCC(=O)OC1C(OCC(NC(=O)C(O)CCCCCCCCCCCCCCCCCCCCCC)C(O)/C=C/CCCCCCCCCCCCC)OC(CO)C(O)C1O. The zero-order chi connectivity index (χ0) is 60.3. The van der Waals surface area contributed by atoms with Crippen molar-refractivity contribution in [3.8, 4) is 0 Å². The van der Waals surface area contributed by atoms with Crippen LogP contribution in [0.25, 0.3) is 0 Å². The summed E-state index contributed by atoms with van der Waals surface area (Å²) in [6.07, 6.45) is 65.4. The Morgan fingerprint density at radius 3 is 1.27 bits per heavy atom. The van der Waals surface area contributed by atoms with E-state index in [1.54, 1.807) is 6.08 Å². The van der Waals surface area contributed by atoms with Crippen molar-refractivity contribution in [3.63, 3.8) is 0 Å². The monoisotopic (exact) mass is 1170 g/mol. The fraction of sp³-hybridized carbons (Fsp3) is 0.833. The molecule has 1 aliphatic rings. The lowest BCUT2D eigenvalue weighted by molar-refractivity contribution is -0.305. The molecule has 8 atom stereocenters. The van der Waals surface area contributed by atoms with Gasteiger partial charge in [0.1, 0.15) is 24.4 Å². The van der Waals surface area contributed by atoms with Crippen molar-refractivity contribution in [2.24, 2.45) is 0 Å². The largest absolute Gasteiger partial charge is 0.454 e. The fourth-order valence-corrected chi connectivity index (χ4v) is 10.9. The predicted octanol–water partition coefficient (Wildman–Crippen LogP) is 17.7. The van der Waals surface area contributed by atoms with Crippen LogP contribution < -0.4 is 5.32 Å². The number of hydrogen-bond acceptors (Lipinski definition) is 10. The fourth-order valence-electron chi connectivity index (χ4n) is 10.9. The number of carbonyl (C=O) groups is 2. The first kappa shape index (κ1) is 78.4. The highest BCUT2D eigenvalue weighted by Gasteiger charge is 2.47. The van der Waals surface area contributed by atoms with Gasteiger partial charge in [0.05, 0.1) is 25.4 Å². The highest BCUT2D eigenvalue weighted by Crippen LogP contribution is 2.26. The zero-order valence-corrected chi connectivity index (χ0v) is 53.8. The molecule has 1 amide bonds. The van der Waals surface area contributed by atoms with Crippen molar-refractivity contribution in [1.29, 1.82) is 0 Å². The molecule has 6 N–H and O–H groups in total. The molecule has 1 heterocycles. The van der Waals surface area contributed by atoms with E-state index in [0.29, 0.717) is 19.3 Å². The number of ether oxygens (including phenoxy) is 3. The van der Waals surface area contributed by atoms with Gasteiger partial charge in [-0.2, -0.15) is 0 Å². The minimum atomic E-state index is -1.62. The normalized spacial score (nSPS) is 18.9. The highest BCUT2D eigenvalue weighted by molar-refractivity contribution is 5.80. The van der Waals surface area contributed by atoms with Crippen LogP contribution in [0.15, 0.2) is 60.8 Å². The highest BCUT2D eigenvalue weighted by atomic mass is 16.7. The molecule has 83 heavy (non-hydrogen) atoms. The van der Waals surface area contributed by atoms with Crippen LogP contribution in [0.3, 0.4) is 0 Å². The molecular formula is C72H131NO10. The van der Waals surface area contributed by atoms with E-state index in [-0.39, 0.29) is 13.0 Å². The Bertz CT molecular complexity index is 1580. The predicted molar refractivity (Wildman–Crippen MR) is 347 cm³/mol. The second kappa shape index (κ2) is 59.7. The molecule has 0 saturated carbocycles. The number of nitrogens with one attached hydrogen (secondary N) is 1. The van der Waals surface area contributed by atoms with Crippen molar-refractivity contribution in [1.82, 2.24) is 5.32 Å². The molecule has 0 aromatic rings. The summed E-state index contributed by atoms with van der Waals surface area (Å²) in [6.45, 7) is 5.80. The number of unbranched alkanes of at least 4 members (excludes halogenated alkanes) is 38. The van der Waals surface area contributed by atoms with Crippen LogP contribution in [0.4, 0.5) is 0 Å². The maximum absolute atomic E-state index is 13.5. The molecule has 1 fully saturated rings. The Hall–Kier alpha value is -2.64. The summed E-state index contributed by atoms with van der Waals surface area (Å²) in [7, 11) is 0. The van der Waals surface area contributed by atoms with Gasteiger partial charge in [0.25, 0.3) is 0 Å². The number of hydrogen-bond donors (Lipinski definition) is 6. The molecule has 0 spiro atoms. The Balaban J connectivity index is 2.63. The number of aliphatic hydroxyl groups is 5. The lowest BCUT2D eigenvalue weighted by Gasteiger charge is -2.41. The third-order valence-corrected chi connectivity index (χ3v) is 16.4. The second-order valence-electron chi connectivity index (χ2n) is 24.3. The maximum Gasteiger partial charge on any atom is 0.306 e. The number of allylic oxidation sites excluding steroid dienone is 9. The molecule has 1 rings (SSSR count). The standard InChI is InChI=1S/C72H131NO10/c1-4-7-10-13-16-19-22-25-27-29-31-33-35-37-39-42-45-48-51-54-57-60-67(77)83-70-69(79)68(78)66(61-74)82-72(70)81-62-63(64(75)58-55-52-49-46-43-40-24-21-18-15-12-9-6-3)73-71(80)65(76)59-56-53-50-47-44-41-38-36-34-32-30-28-26-23-20-17-14-11-8-5-2/h16,19,25,27,31,33,37,39,55,58,63-66,68-70,72,74-76,78-79H,4-15,17-18,20-24,26,28-30,32,34-36,38,40-54,56-57,59-62H2,1-3H3,(H,73,80)/b19-16-,27-25-,33-31-,39-37-,58-55+. The van der Waals surface area contributed by atoms with E-state index in [4.69, 9.17) is 14.2 Å². The van der Waals surface area contributed by atoms with Crippen LogP contribution in [0.5, 0.6) is 0 Å². The lowest BCUT2D eigenvalue weighted by atomic mass is 9.99. The molecule has 0 bridgehead atoms. The van der Waals surface area contributed by atoms with Crippen molar-refractivity contribution in [2.45, 2.75) is 372 Å². The number of esters is 1. The lowest BCUT2D eigenvalue weighted by Crippen LogP contribution is -2.61. The summed E-state index contributed by atoms with van der Waals surface area (Å²) in [5.41, 5.74) is 0. The Morgan fingerprint density at radius 2 is 0.831 bits per heavy atom. The first-order valence-electron chi connectivity index (χ1n) is 35.1. The van der Waals surface area contributed by atoms with Gasteiger partial charge in [-0.3, -0.25) is 9.59 Å². The van der Waals surface area contributed by atoms with Crippen molar-refractivity contribution < 1.29 is 49.3 Å². The van der Waals surface area contributed by atoms with Crippen LogP contribution in [0, 0.1) is 0 Å². The van der Waals surface area contributed by atoms with Crippen LogP contribution in [0.2, 0.25) is 0 Å². The third kappa shape index (κ3) is 47.2. The van der Waals surface area contributed by atoms with Crippen LogP contribution in [-0.4, -0.2) is 99.6 Å². The van der Waals surface area contributed by atoms with Crippen LogP contribution in [0.1, 0.15) is 323 Å². The number of rotatable bonds is 60. The Kier molecular flexibility index (Phi) is 56.4. The molecular weight excluding hydrogens is 1040 g/mol. The van der Waals surface area contributed by atoms with Crippen LogP contribution in [-0.2, 0) is 23.8 Å². The van der Waals surface area contributed by atoms with Gasteiger partial charge in [0.2, 0.25) is 5.91 Å². The average Bonchev–Trinajstić information content (AvgIpc) is 3.58. The van der Waals surface area contributed by atoms with Gasteiger partial charge < -0.3 is 45.1 Å². The number of aliphatic hydroxyl groups excluding tert-OH is 5. The first-order valence-corrected chi connectivity index (χ1v) is 35.1. The second-order valence-corrected chi connectivity index (χ2v) is 24.3. The van der Waals surface area contributed by atoms with Gasteiger partial charge in [0.15, 0.2) is 12.4 Å². The van der Waals surface area contributed by atoms with E-state index in [1.165, 1.54) is 186 Å². The molecule has 11 nitrogen and oxygen atoms in total. The molecule has 1 saturated heterocycles. The Morgan fingerprint density at radius 1 is 0.470 bits per heavy atom. The first-order chi connectivity index (χ1) is 40.7. The molecule has 484 valence electrons. The number of carbonyl (C=O) groups excluding carboxylic acids is 2.